The van der Waals surface area contributed by atoms with Crippen LogP contribution >= 0.6 is 0 Å². The van der Waals surface area contributed by atoms with Crippen LogP contribution in [-0.2, 0) is 9.84 Å². The zero-order chi connectivity index (χ0) is 17.2. The molecule has 2 aromatic rings. The molecule has 0 amide bonds. The Labute approximate surface area is 145 Å². The molecular formula is C20H25NO2S. The van der Waals surface area contributed by atoms with Gasteiger partial charge in [0.2, 0.25) is 0 Å². The molecule has 1 N–H and O–H groups in total. The molecule has 128 valence electrons. The summed E-state index contributed by atoms with van der Waals surface area (Å²) in [6.45, 7) is 4.19. The second-order valence-electron chi connectivity index (χ2n) is 6.67. The molecule has 0 unspecified atom stereocenters. The van der Waals surface area contributed by atoms with E-state index in [2.05, 4.69) is 31.3 Å². The maximum absolute atomic E-state index is 13.1. The van der Waals surface area contributed by atoms with Gasteiger partial charge >= 0.3 is 0 Å². The van der Waals surface area contributed by atoms with Crippen molar-refractivity contribution in [1.29, 1.82) is 0 Å². The summed E-state index contributed by atoms with van der Waals surface area (Å²) in [5.41, 5.74) is 1.57. The fourth-order valence-corrected chi connectivity index (χ4v) is 5.93. The molecule has 0 aliphatic carbocycles. The Kier molecular flexibility index (Phi) is 4.79. The molecule has 24 heavy (non-hydrogen) atoms. The van der Waals surface area contributed by atoms with Crippen molar-refractivity contribution in [3.8, 4) is 0 Å². The lowest BCUT2D eigenvalue weighted by Gasteiger charge is -2.35. The normalized spacial score (nSPS) is 25.7. The first-order chi connectivity index (χ1) is 11.5. The number of fused-ring (bicyclic) bond motifs is 1. The second kappa shape index (κ2) is 6.69. The average molecular weight is 343 g/mol. The van der Waals surface area contributed by atoms with E-state index >= 15 is 0 Å². The van der Waals surface area contributed by atoms with Crippen molar-refractivity contribution in [1.82, 2.24) is 5.32 Å². The van der Waals surface area contributed by atoms with Gasteiger partial charge in [0.1, 0.15) is 0 Å². The van der Waals surface area contributed by atoms with Crippen LogP contribution in [0.4, 0.5) is 0 Å². The molecule has 3 rings (SSSR count). The first kappa shape index (κ1) is 17.2. The molecule has 0 saturated carbocycles. The van der Waals surface area contributed by atoms with E-state index in [1.165, 1.54) is 0 Å². The van der Waals surface area contributed by atoms with Crippen LogP contribution in [0.2, 0.25) is 0 Å². The van der Waals surface area contributed by atoms with Gasteiger partial charge in [0.05, 0.1) is 16.7 Å². The molecule has 0 fully saturated rings. The maximum Gasteiger partial charge on any atom is 0.180 e. The molecule has 0 aromatic heterocycles. The molecule has 0 bridgehead atoms. The highest BCUT2D eigenvalue weighted by atomic mass is 32.2. The van der Waals surface area contributed by atoms with Crippen LogP contribution in [0.25, 0.3) is 0 Å². The smallest absolute Gasteiger partial charge is 0.180 e. The van der Waals surface area contributed by atoms with E-state index in [4.69, 9.17) is 0 Å². The lowest BCUT2D eigenvalue weighted by molar-refractivity contribution is 0.300. The molecular weight excluding hydrogens is 318 g/mol. The monoisotopic (exact) mass is 343 g/mol. The number of rotatable bonds is 4. The van der Waals surface area contributed by atoms with Gasteiger partial charge in [0, 0.05) is 5.54 Å². The van der Waals surface area contributed by atoms with E-state index in [0.29, 0.717) is 4.90 Å². The summed E-state index contributed by atoms with van der Waals surface area (Å²) in [7, 11) is -3.32. The zero-order valence-electron chi connectivity index (χ0n) is 14.3. The van der Waals surface area contributed by atoms with Gasteiger partial charge in [-0.2, -0.15) is 0 Å². The van der Waals surface area contributed by atoms with Crippen LogP contribution in [0.1, 0.15) is 50.3 Å². The first-order valence-corrected chi connectivity index (χ1v) is 10.3. The third kappa shape index (κ3) is 3.13. The number of benzene rings is 2. The maximum atomic E-state index is 13.1. The molecule has 2 atom stereocenters. The second-order valence-corrected chi connectivity index (χ2v) is 8.63. The Morgan fingerprint density at radius 2 is 1.71 bits per heavy atom. The molecule has 4 heteroatoms. The minimum atomic E-state index is -3.32. The van der Waals surface area contributed by atoms with Gasteiger partial charge in [0.25, 0.3) is 0 Å². The third-order valence-electron chi connectivity index (χ3n) is 5.02. The van der Waals surface area contributed by atoms with Crippen molar-refractivity contribution in [3.05, 3.63) is 65.7 Å². The Bertz CT molecular complexity index is 801. The fraction of sp³-hybridized carbons (Fsp3) is 0.400. The Morgan fingerprint density at radius 3 is 2.38 bits per heavy atom. The highest BCUT2D eigenvalue weighted by Gasteiger charge is 2.41. The van der Waals surface area contributed by atoms with Crippen molar-refractivity contribution in [2.24, 2.45) is 0 Å². The summed E-state index contributed by atoms with van der Waals surface area (Å²) in [5.74, 6) is 0.157. The van der Waals surface area contributed by atoms with Gasteiger partial charge in [-0.25, -0.2) is 8.42 Å². The molecule has 0 saturated heterocycles. The standard InChI is InChI=1S/C20H25NO2S/c1-3-14-20(4-2)15-24(22,23)18-13-9-8-12-17(18)19(21-20)16-10-6-5-7-11-16/h5-13,19,21H,3-4,14-15H2,1-2H3/t19-,20-/m1/s1. The van der Waals surface area contributed by atoms with Gasteiger partial charge in [-0.1, -0.05) is 68.8 Å². The van der Waals surface area contributed by atoms with Crippen molar-refractivity contribution in [3.63, 3.8) is 0 Å². The van der Waals surface area contributed by atoms with Crippen LogP contribution in [0.3, 0.4) is 0 Å². The van der Waals surface area contributed by atoms with Crippen LogP contribution in [0, 0.1) is 0 Å². The van der Waals surface area contributed by atoms with E-state index in [1.807, 2.05) is 36.4 Å². The summed E-state index contributed by atoms with van der Waals surface area (Å²) in [4.78, 5) is 0.470. The lowest BCUT2D eigenvalue weighted by atomic mass is 9.89. The molecule has 1 aliphatic heterocycles. The molecule has 3 nitrogen and oxygen atoms in total. The van der Waals surface area contributed by atoms with Gasteiger partial charge in [-0.3, -0.25) is 5.32 Å². The number of hydrogen-bond acceptors (Lipinski definition) is 3. The molecule has 1 aliphatic rings. The van der Waals surface area contributed by atoms with E-state index in [0.717, 1.165) is 30.4 Å². The van der Waals surface area contributed by atoms with Gasteiger partial charge in [-0.15, -0.1) is 0 Å². The molecule has 0 radical (unpaired) electrons. The van der Waals surface area contributed by atoms with Crippen molar-refractivity contribution < 1.29 is 8.42 Å². The van der Waals surface area contributed by atoms with E-state index in [-0.39, 0.29) is 11.8 Å². The van der Waals surface area contributed by atoms with E-state index < -0.39 is 15.4 Å². The van der Waals surface area contributed by atoms with E-state index in [9.17, 15) is 8.42 Å². The van der Waals surface area contributed by atoms with Crippen LogP contribution in [-0.4, -0.2) is 19.7 Å². The predicted octanol–water partition coefficient (Wildman–Crippen LogP) is 4.10. The minimum Gasteiger partial charge on any atom is -0.300 e. The summed E-state index contributed by atoms with van der Waals surface area (Å²) in [5, 5.41) is 3.73. The first-order valence-electron chi connectivity index (χ1n) is 8.66. The van der Waals surface area contributed by atoms with Crippen LogP contribution in [0.15, 0.2) is 59.5 Å². The summed E-state index contributed by atoms with van der Waals surface area (Å²) in [6, 6.07) is 17.5. The molecule has 2 aromatic carbocycles. The summed E-state index contributed by atoms with van der Waals surface area (Å²) in [6.07, 6.45) is 2.59. The predicted molar refractivity (Wildman–Crippen MR) is 97.8 cm³/mol. The Morgan fingerprint density at radius 1 is 1.04 bits per heavy atom. The topological polar surface area (TPSA) is 46.2 Å². The molecule has 0 spiro atoms. The van der Waals surface area contributed by atoms with Gasteiger partial charge in [-0.05, 0) is 30.0 Å². The Balaban J connectivity index is 2.21. The van der Waals surface area contributed by atoms with Crippen molar-refractivity contribution in [2.75, 3.05) is 5.75 Å². The number of hydrogen-bond donors (Lipinski definition) is 1. The average Bonchev–Trinajstić information content (AvgIpc) is 2.69. The number of nitrogens with one attached hydrogen (secondary N) is 1. The summed E-state index contributed by atoms with van der Waals surface area (Å²) >= 11 is 0. The van der Waals surface area contributed by atoms with Crippen molar-refractivity contribution >= 4 is 9.84 Å². The number of sulfone groups is 1. The van der Waals surface area contributed by atoms with Crippen molar-refractivity contribution in [2.45, 2.75) is 49.6 Å². The minimum absolute atomic E-state index is 0.105. The van der Waals surface area contributed by atoms with Gasteiger partial charge in [0.15, 0.2) is 9.84 Å². The highest BCUT2D eigenvalue weighted by Crippen LogP contribution is 2.37. The third-order valence-corrected chi connectivity index (χ3v) is 6.99. The largest absolute Gasteiger partial charge is 0.300 e. The lowest BCUT2D eigenvalue weighted by Crippen LogP contribution is -2.50. The highest BCUT2D eigenvalue weighted by molar-refractivity contribution is 7.91. The van der Waals surface area contributed by atoms with Crippen LogP contribution < -0.4 is 5.32 Å². The molecule has 1 heterocycles. The Hall–Kier alpha value is -1.65. The zero-order valence-corrected chi connectivity index (χ0v) is 15.1. The fourth-order valence-electron chi connectivity index (χ4n) is 3.78. The van der Waals surface area contributed by atoms with E-state index in [1.54, 1.807) is 6.07 Å². The summed E-state index contributed by atoms with van der Waals surface area (Å²) < 4.78 is 26.2. The quantitative estimate of drug-likeness (QED) is 0.909. The van der Waals surface area contributed by atoms with Gasteiger partial charge < -0.3 is 0 Å². The van der Waals surface area contributed by atoms with Crippen LogP contribution in [0.5, 0.6) is 0 Å². The SMILES string of the molecule is CCC[C@]1(CC)CS(=O)(=O)c2ccccc2[C@@H](c2ccccc2)N1.